The highest BCUT2D eigenvalue weighted by Crippen LogP contribution is 2.51. The van der Waals surface area contributed by atoms with Crippen molar-refractivity contribution in [2.24, 2.45) is 11.8 Å². The smallest absolute Gasteiger partial charge is 0.131 e. The van der Waals surface area contributed by atoms with Crippen LogP contribution in [0.3, 0.4) is 0 Å². The molecule has 2 aliphatic heterocycles. The molecule has 0 aromatic carbocycles. The molecule has 1 N–H and O–H groups in total. The number of allylic oxidation sites excluding steroid dienone is 2. The second kappa shape index (κ2) is 5.19. The van der Waals surface area contributed by atoms with E-state index < -0.39 is 0 Å². The van der Waals surface area contributed by atoms with Gasteiger partial charge >= 0.3 is 0 Å². The lowest BCUT2D eigenvalue weighted by molar-refractivity contribution is 0.0951. The summed E-state index contributed by atoms with van der Waals surface area (Å²) in [6.07, 6.45) is 7.43. The van der Waals surface area contributed by atoms with Crippen LogP contribution in [0.25, 0.3) is 0 Å². The third kappa shape index (κ3) is 2.42. The summed E-state index contributed by atoms with van der Waals surface area (Å²) < 4.78 is 12.2. The van der Waals surface area contributed by atoms with E-state index in [1.807, 2.05) is 7.05 Å². The molecule has 0 spiro atoms. The molecule has 2 heterocycles. The number of epoxide rings is 1. The first-order valence-corrected chi connectivity index (χ1v) is 7.88. The van der Waals surface area contributed by atoms with Crippen LogP contribution in [-0.4, -0.2) is 31.4 Å². The average molecular weight is 277 g/mol. The predicted octanol–water partition coefficient (Wildman–Crippen LogP) is 3.03. The van der Waals surface area contributed by atoms with Gasteiger partial charge in [-0.25, -0.2) is 0 Å². The van der Waals surface area contributed by atoms with Gasteiger partial charge in [0.05, 0.1) is 11.4 Å². The fourth-order valence-corrected chi connectivity index (χ4v) is 3.93. The maximum atomic E-state index is 6.14. The van der Waals surface area contributed by atoms with Crippen molar-refractivity contribution >= 4 is 0 Å². The van der Waals surface area contributed by atoms with Gasteiger partial charge in [-0.3, -0.25) is 0 Å². The Morgan fingerprint density at radius 3 is 3.05 bits per heavy atom. The fraction of sp³-hybridized carbons (Fsp3) is 0.765. The van der Waals surface area contributed by atoms with E-state index in [9.17, 15) is 0 Å². The minimum Gasteiger partial charge on any atom is -0.492 e. The van der Waals surface area contributed by atoms with E-state index in [0.717, 1.165) is 25.1 Å². The Hall–Kier alpha value is -0.800. The van der Waals surface area contributed by atoms with Crippen LogP contribution in [0, 0.1) is 11.8 Å². The zero-order valence-corrected chi connectivity index (χ0v) is 12.9. The Balaban J connectivity index is 1.83. The largest absolute Gasteiger partial charge is 0.492 e. The highest BCUT2D eigenvalue weighted by Gasteiger charge is 2.61. The molecule has 0 bridgehead atoms. The lowest BCUT2D eigenvalue weighted by atomic mass is 9.80. The molecular weight excluding hydrogens is 250 g/mol. The van der Waals surface area contributed by atoms with E-state index in [2.05, 4.69) is 31.8 Å². The van der Waals surface area contributed by atoms with Gasteiger partial charge in [0.1, 0.15) is 12.2 Å². The first-order valence-electron chi connectivity index (χ1n) is 7.88. The molecule has 3 heteroatoms. The van der Waals surface area contributed by atoms with Crippen molar-refractivity contribution in [3.63, 3.8) is 0 Å². The number of rotatable bonds is 2. The van der Waals surface area contributed by atoms with Gasteiger partial charge in [0, 0.05) is 18.4 Å². The summed E-state index contributed by atoms with van der Waals surface area (Å²) in [6, 6.07) is 0. The van der Waals surface area contributed by atoms with Crippen molar-refractivity contribution in [3.8, 4) is 0 Å². The SMILES string of the molecule is C=C1O[C@H]2[C@@H](CC/C(C)=C/CC[C@@]3(C)O[C@H]23)[C@@H]1CNC. The quantitative estimate of drug-likeness (QED) is 0.622. The summed E-state index contributed by atoms with van der Waals surface area (Å²) >= 11 is 0. The van der Waals surface area contributed by atoms with Crippen molar-refractivity contribution in [2.75, 3.05) is 13.6 Å². The van der Waals surface area contributed by atoms with Gasteiger partial charge in [-0.15, -0.1) is 0 Å². The van der Waals surface area contributed by atoms with Crippen LogP contribution >= 0.6 is 0 Å². The van der Waals surface area contributed by atoms with Crippen LogP contribution in [0.5, 0.6) is 0 Å². The summed E-state index contributed by atoms with van der Waals surface area (Å²) in [5.74, 6) is 1.90. The van der Waals surface area contributed by atoms with E-state index >= 15 is 0 Å². The molecule has 1 aliphatic carbocycles. The van der Waals surface area contributed by atoms with Gasteiger partial charge in [0.15, 0.2) is 0 Å². The third-order valence-electron chi connectivity index (χ3n) is 5.31. The lowest BCUT2D eigenvalue weighted by Gasteiger charge is -2.22. The van der Waals surface area contributed by atoms with Gasteiger partial charge < -0.3 is 14.8 Å². The lowest BCUT2D eigenvalue weighted by Crippen LogP contribution is -2.33. The van der Waals surface area contributed by atoms with Gasteiger partial charge in [-0.1, -0.05) is 18.2 Å². The summed E-state index contributed by atoms with van der Waals surface area (Å²) in [5, 5.41) is 3.29. The topological polar surface area (TPSA) is 33.8 Å². The molecule has 112 valence electrons. The van der Waals surface area contributed by atoms with Crippen molar-refractivity contribution in [3.05, 3.63) is 24.0 Å². The molecule has 0 aromatic heterocycles. The summed E-state index contributed by atoms with van der Waals surface area (Å²) in [7, 11) is 2.00. The van der Waals surface area contributed by atoms with Crippen LogP contribution < -0.4 is 5.32 Å². The number of nitrogens with one attached hydrogen (secondary N) is 1. The van der Waals surface area contributed by atoms with Gasteiger partial charge in [0.25, 0.3) is 0 Å². The molecule has 3 aliphatic rings. The monoisotopic (exact) mass is 277 g/mol. The standard InChI is InChI=1S/C17H27NO2/c1-11-6-5-9-17(3)16(20-17)15-13(8-7-11)14(10-18-4)12(2)19-15/h6,13-16,18H,2,5,7-10H2,1,3-4H3/b11-6+/t13-,14+,15-,16+,17+/m0/s1. The molecule has 2 saturated heterocycles. The average Bonchev–Trinajstić information content (AvgIpc) is 2.97. The Bertz CT molecular complexity index is 431. The van der Waals surface area contributed by atoms with Crippen molar-refractivity contribution in [1.29, 1.82) is 0 Å². The number of ether oxygens (including phenoxy) is 2. The Kier molecular flexibility index (Phi) is 3.67. The zero-order chi connectivity index (χ0) is 14.3. The van der Waals surface area contributed by atoms with E-state index in [1.165, 1.54) is 18.4 Å². The number of fused-ring (bicyclic) bond motifs is 3. The molecule has 2 fully saturated rings. The summed E-state index contributed by atoms with van der Waals surface area (Å²) in [4.78, 5) is 0. The Morgan fingerprint density at radius 2 is 2.30 bits per heavy atom. The van der Waals surface area contributed by atoms with Crippen molar-refractivity contribution in [1.82, 2.24) is 5.32 Å². The molecule has 5 atom stereocenters. The Labute approximate surface area is 122 Å². The van der Waals surface area contributed by atoms with E-state index in [4.69, 9.17) is 9.47 Å². The normalized spacial score (nSPS) is 46.8. The molecule has 0 aromatic rings. The van der Waals surface area contributed by atoms with Gasteiger partial charge in [0.2, 0.25) is 0 Å². The van der Waals surface area contributed by atoms with Crippen molar-refractivity contribution in [2.45, 2.75) is 57.3 Å². The van der Waals surface area contributed by atoms with E-state index in [-0.39, 0.29) is 17.8 Å². The van der Waals surface area contributed by atoms with Gasteiger partial charge in [-0.2, -0.15) is 0 Å². The van der Waals surface area contributed by atoms with Crippen LogP contribution in [0.15, 0.2) is 24.0 Å². The second-order valence-electron chi connectivity index (χ2n) is 6.86. The van der Waals surface area contributed by atoms with Crippen LogP contribution in [0.4, 0.5) is 0 Å². The van der Waals surface area contributed by atoms with Crippen LogP contribution in [0.2, 0.25) is 0 Å². The summed E-state index contributed by atoms with van der Waals surface area (Å²) in [6.45, 7) is 9.58. The first kappa shape index (κ1) is 14.2. The molecule has 0 radical (unpaired) electrons. The van der Waals surface area contributed by atoms with E-state index in [1.54, 1.807) is 0 Å². The fourth-order valence-electron chi connectivity index (χ4n) is 3.93. The molecule has 0 unspecified atom stereocenters. The summed E-state index contributed by atoms with van der Waals surface area (Å²) in [5.41, 5.74) is 1.53. The number of hydrogen-bond donors (Lipinski definition) is 1. The maximum absolute atomic E-state index is 6.14. The second-order valence-corrected chi connectivity index (χ2v) is 6.86. The molecule has 20 heavy (non-hydrogen) atoms. The first-order chi connectivity index (χ1) is 9.55. The molecule has 0 amide bonds. The minimum absolute atomic E-state index is 0.0197. The van der Waals surface area contributed by atoms with Crippen molar-refractivity contribution < 1.29 is 9.47 Å². The molecule has 0 saturated carbocycles. The van der Waals surface area contributed by atoms with E-state index in [0.29, 0.717) is 11.8 Å². The Morgan fingerprint density at radius 1 is 1.50 bits per heavy atom. The minimum atomic E-state index is 0.0197. The molecular formula is C17H27NO2. The molecule has 3 nitrogen and oxygen atoms in total. The number of hydrogen-bond acceptors (Lipinski definition) is 3. The highest BCUT2D eigenvalue weighted by atomic mass is 16.6. The third-order valence-corrected chi connectivity index (χ3v) is 5.31. The van der Waals surface area contributed by atoms with Crippen LogP contribution in [-0.2, 0) is 9.47 Å². The maximum Gasteiger partial charge on any atom is 0.131 e. The van der Waals surface area contributed by atoms with Gasteiger partial charge in [-0.05, 0) is 46.6 Å². The zero-order valence-electron chi connectivity index (χ0n) is 12.9. The highest BCUT2D eigenvalue weighted by molar-refractivity contribution is 5.16. The molecule has 3 rings (SSSR count). The predicted molar refractivity (Wildman–Crippen MR) is 80.4 cm³/mol. The van der Waals surface area contributed by atoms with Crippen LogP contribution in [0.1, 0.15) is 39.5 Å².